The summed E-state index contributed by atoms with van der Waals surface area (Å²) < 4.78 is 1.99. The molecule has 1 atom stereocenters. The number of amides is 3. The summed E-state index contributed by atoms with van der Waals surface area (Å²) in [5.74, 6) is 2.15. The zero-order valence-corrected chi connectivity index (χ0v) is 15.6. The third-order valence-electron chi connectivity index (χ3n) is 5.08. The zero-order valence-electron chi connectivity index (χ0n) is 15.6. The van der Waals surface area contributed by atoms with Crippen molar-refractivity contribution in [2.75, 3.05) is 26.2 Å². The normalized spacial score (nSPS) is 24.0. The summed E-state index contributed by atoms with van der Waals surface area (Å²) >= 11 is 0. The molecule has 2 aliphatic rings. The van der Waals surface area contributed by atoms with E-state index < -0.39 is 5.54 Å². The Morgan fingerprint density at radius 3 is 2.60 bits per heavy atom. The molecule has 0 saturated carbocycles. The number of carbonyl (C=O) groups is 2. The van der Waals surface area contributed by atoms with Crippen molar-refractivity contribution in [3.63, 3.8) is 0 Å². The number of carbonyl (C=O) groups excluding carboxylic acids is 2. The van der Waals surface area contributed by atoms with Crippen LogP contribution in [0.2, 0.25) is 0 Å². The summed E-state index contributed by atoms with van der Waals surface area (Å²) in [4.78, 5) is 32.3. The molecule has 138 valence electrons. The van der Waals surface area contributed by atoms with Crippen LogP contribution in [0.3, 0.4) is 0 Å². The summed E-state index contributed by atoms with van der Waals surface area (Å²) in [5, 5.41) is 7.19. The van der Waals surface area contributed by atoms with E-state index >= 15 is 0 Å². The molecule has 1 aromatic heterocycles. The van der Waals surface area contributed by atoms with Gasteiger partial charge in [0.05, 0.1) is 0 Å². The molecule has 2 aliphatic heterocycles. The standard InChI is InChI=1S/C17H28N6O2/c1-12-18-13(2)23(20-12)11-14-6-5-7-21(10-14)8-9-22-15(24)17(3,4)19-16(22)25/h14H,5-11H2,1-4H3,(H,19,25). The fourth-order valence-electron chi connectivity index (χ4n) is 3.74. The number of likely N-dealkylation sites (tertiary alicyclic amines) is 1. The van der Waals surface area contributed by atoms with Crippen LogP contribution >= 0.6 is 0 Å². The molecule has 3 rings (SSSR count). The van der Waals surface area contributed by atoms with Crippen molar-refractivity contribution < 1.29 is 9.59 Å². The molecule has 3 heterocycles. The maximum absolute atomic E-state index is 12.3. The van der Waals surface area contributed by atoms with Gasteiger partial charge >= 0.3 is 6.03 Å². The van der Waals surface area contributed by atoms with E-state index in [9.17, 15) is 9.59 Å². The maximum atomic E-state index is 12.3. The Bertz CT molecular complexity index is 668. The van der Waals surface area contributed by atoms with Crippen LogP contribution in [-0.4, -0.2) is 68.2 Å². The molecule has 0 aliphatic carbocycles. The number of piperidine rings is 1. The van der Waals surface area contributed by atoms with Crippen LogP contribution in [0.4, 0.5) is 4.79 Å². The van der Waals surface area contributed by atoms with Gasteiger partial charge in [-0.15, -0.1) is 0 Å². The van der Waals surface area contributed by atoms with Gasteiger partial charge in [0.2, 0.25) is 0 Å². The van der Waals surface area contributed by atoms with Crippen molar-refractivity contribution in [1.82, 2.24) is 29.9 Å². The van der Waals surface area contributed by atoms with Gasteiger partial charge in [0, 0.05) is 26.2 Å². The molecule has 3 amide bonds. The number of hydrogen-bond acceptors (Lipinski definition) is 5. The lowest BCUT2D eigenvalue weighted by atomic mass is 9.98. The number of aryl methyl sites for hydroxylation is 2. The zero-order chi connectivity index (χ0) is 18.2. The Morgan fingerprint density at radius 2 is 2.00 bits per heavy atom. The second kappa shape index (κ2) is 6.74. The lowest BCUT2D eigenvalue weighted by Gasteiger charge is -2.33. The van der Waals surface area contributed by atoms with Gasteiger partial charge in [-0.3, -0.25) is 9.69 Å². The minimum Gasteiger partial charge on any atom is -0.324 e. The number of nitrogens with zero attached hydrogens (tertiary/aromatic N) is 5. The monoisotopic (exact) mass is 348 g/mol. The molecule has 8 nitrogen and oxygen atoms in total. The minimum atomic E-state index is -0.788. The number of nitrogens with one attached hydrogen (secondary N) is 1. The summed E-state index contributed by atoms with van der Waals surface area (Å²) in [5.41, 5.74) is -0.788. The summed E-state index contributed by atoms with van der Waals surface area (Å²) in [6, 6.07) is -0.280. The van der Waals surface area contributed by atoms with Crippen molar-refractivity contribution in [3.8, 4) is 0 Å². The molecule has 0 bridgehead atoms. The molecule has 2 saturated heterocycles. The van der Waals surface area contributed by atoms with Crippen molar-refractivity contribution in [1.29, 1.82) is 0 Å². The molecule has 0 radical (unpaired) electrons. The van der Waals surface area contributed by atoms with Crippen LogP contribution in [0.5, 0.6) is 0 Å². The Kier molecular flexibility index (Phi) is 4.81. The SMILES string of the molecule is Cc1nc(C)n(CC2CCCN(CCN3C(=O)NC(C)(C)C3=O)C2)n1. The number of rotatable bonds is 5. The molecule has 25 heavy (non-hydrogen) atoms. The van der Waals surface area contributed by atoms with Crippen LogP contribution in [-0.2, 0) is 11.3 Å². The molecule has 2 fully saturated rings. The average molecular weight is 348 g/mol. The van der Waals surface area contributed by atoms with E-state index in [1.165, 1.54) is 11.3 Å². The van der Waals surface area contributed by atoms with E-state index in [0.29, 0.717) is 12.5 Å². The second-order valence-electron chi connectivity index (χ2n) is 7.71. The van der Waals surface area contributed by atoms with Crippen LogP contribution in [0, 0.1) is 19.8 Å². The largest absolute Gasteiger partial charge is 0.325 e. The van der Waals surface area contributed by atoms with Gasteiger partial charge in [0.15, 0.2) is 0 Å². The molecular weight excluding hydrogens is 320 g/mol. The second-order valence-corrected chi connectivity index (χ2v) is 7.71. The van der Waals surface area contributed by atoms with Crippen molar-refractivity contribution in [2.24, 2.45) is 5.92 Å². The predicted octanol–water partition coefficient (Wildman–Crippen LogP) is 0.937. The Balaban J connectivity index is 1.53. The van der Waals surface area contributed by atoms with E-state index in [2.05, 4.69) is 20.3 Å². The number of urea groups is 1. The van der Waals surface area contributed by atoms with Gasteiger partial charge in [-0.05, 0) is 53.0 Å². The van der Waals surface area contributed by atoms with Crippen LogP contribution in [0.1, 0.15) is 38.3 Å². The maximum Gasteiger partial charge on any atom is 0.325 e. The van der Waals surface area contributed by atoms with E-state index in [4.69, 9.17) is 0 Å². The Labute approximate surface area is 148 Å². The highest BCUT2D eigenvalue weighted by molar-refractivity contribution is 6.06. The highest BCUT2D eigenvalue weighted by atomic mass is 16.2. The number of aromatic nitrogens is 3. The molecule has 1 unspecified atom stereocenters. The Morgan fingerprint density at radius 1 is 1.24 bits per heavy atom. The van der Waals surface area contributed by atoms with Crippen LogP contribution in [0.15, 0.2) is 0 Å². The van der Waals surface area contributed by atoms with Crippen molar-refractivity contribution in [2.45, 2.75) is 52.6 Å². The highest BCUT2D eigenvalue weighted by Crippen LogP contribution is 2.20. The van der Waals surface area contributed by atoms with Gasteiger partial charge in [-0.2, -0.15) is 5.10 Å². The van der Waals surface area contributed by atoms with Gasteiger partial charge in [0.25, 0.3) is 5.91 Å². The third-order valence-corrected chi connectivity index (χ3v) is 5.08. The summed E-state index contributed by atoms with van der Waals surface area (Å²) in [7, 11) is 0. The third kappa shape index (κ3) is 3.84. The first-order valence-electron chi connectivity index (χ1n) is 9.01. The minimum absolute atomic E-state index is 0.139. The average Bonchev–Trinajstić information content (AvgIpc) is 2.94. The van der Waals surface area contributed by atoms with Crippen LogP contribution < -0.4 is 5.32 Å². The number of imide groups is 1. The lowest BCUT2D eigenvalue weighted by Crippen LogP contribution is -2.44. The first-order valence-corrected chi connectivity index (χ1v) is 9.01. The molecule has 0 aromatic carbocycles. The van der Waals surface area contributed by atoms with Gasteiger partial charge < -0.3 is 10.2 Å². The van der Waals surface area contributed by atoms with Gasteiger partial charge in [0.1, 0.15) is 17.2 Å². The highest BCUT2D eigenvalue weighted by Gasteiger charge is 2.44. The smallest absolute Gasteiger partial charge is 0.324 e. The lowest BCUT2D eigenvalue weighted by molar-refractivity contribution is -0.130. The van der Waals surface area contributed by atoms with Crippen LogP contribution in [0.25, 0.3) is 0 Å². The predicted molar refractivity (Wildman–Crippen MR) is 93.0 cm³/mol. The topological polar surface area (TPSA) is 83.4 Å². The van der Waals surface area contributed by atoms with E-state index in [0.717, 1.165) is 44.2 Å². The van der Waals surface area contributed by atoms with E-state index in [1.807, 2.05) is 18.5 Å². The molecule has 0 spiro atoms. The number of hydrogen-bond donors (Lipinski definition) is 1. The van der Waals surface area contributed by atoms with Crippen molar-refractivity contribution in [3.05, 3.63) is 11.6 Å². The first-order chi connectivity index (χ1) is 11.8. The van der Waals surface area contributed by atoms with Crippen molar-refractivity contribution >= 4 is 11.9 Å². The van der Waals surface area contributed by atoms with Gasteiger partial charge in [-0.1, -0.05) is 0 Å². The first kappa shape index (κ1) is 17.8. The molecule has 1 aromatic rings. The molecule has 1 N–H and O–H groups in total. The van der Waals surface area contributed by atoms with E-state index in [-0.39, 0.29) is 11.9 Å². The molecule has 8 heteroatoms. The summed E-state index contributed by atoms with van der Waals surface area (Å²) in [6.45, 7) is 11.4. The fraction of sp³-hybridized carbons (Fsp3) is 0.765. The Hall–Kier alpha value is -1.96. The molecular formula is C17H28N6O2. The quantitative estimate of drug-likeness (QED) is 0.801. The van der Waals surface area contributed by atoms with E-state index in [1.54, 1.807) is 13.8 Å². The fourth-order valence-corrected chi connectivity index (χ4v) is 3.74. The summed E-state index contributed by atoms with van der Waals surface area (Å²) in [6.07, 6.45) is 2.30. The van der Waals surface area contributed by atoms with Gasteiger partial charge in [-0.25, -0.2) is 14.5 Å².